The van der Waals surface area contributed by atoms with Gasteiger partial charge in [-0.1, -0.05) is 42.4 Å². The molecule has 1 aliphatic rings. The van der Waals surface area contributed by atoms with Crippen LogP contribution in [0.25, 0.3) is 11.3 Å². The summed E-state index contributed by atoms with van der Waals surface area (Å²) in [6.07, 6.45) is 2.47. The van der Waals surface area contributed by atoms with Crippen LogP contribution in [0.15, 0.2) is 40.9 Å². The van der Waals surface area contributed by atoms with E-state index >= 15 is 0 Å². The molecule has 1 aliphatic heterocycles. The monoisotopic (exact) mass is 313 g/mol. The first-order valence-electron chi connectivity index (χ1n) is 8.17. The minimum atomic E-state index is -0.0524. The van der Waals surface area contributed by atoms with Gasteiger partial charge < -0.3 is 9.42 Å². The van der Waals surface area contributed by atoms with Crippen molar-refractivity contribution in [2.24, 2.45) is 5.92 Å². The lowest BCUT2D eigenvalue weighted by molar-refractivity contribution is -0.122. The SMILES string of the molecule is CC(CN1CCCC1)C(=O)N(C)c1cc(-c2ccccc2)no1. The van der Waals surface area contributed by atoms with Gasteiger partial charge in [-0.25, -0.2) is 0 Å². The molecule has 3 rings (SSSR count). The molecule has 0 N–H and O–H groups in total. The molecule has 0 spiro atoms. The van der Waals surface area contributed by atoms with Crippen LogP contribution in [0.3, 0.4) is 0 Å². The molecule has 0 saturated carbocycles. The summed E-state index contributed by atoms with van der Waals surface area (Å²) in [7, 11) is 1.75. The Kier molecular flexibility index (Phi) is 4.76. The Bertz CT molecular complexity index is 647. The Morgan fingerprint density at radius 1 is 1.30 bits per heavy atom. The summed E-state index contributed by atoms with van der Waals surface area (Å²) in [5.74, 6) is 0.498. The van der Waals surface area contributed by atoms with Crippen molar-refractivity contribution < 1.29 is 9.32 Å². The van der Waals surface area contributed by atoms with Crippen LogP contribution in [0.5, 0.6) is 0 Å². The fourth-order valence-corrected chi connectivity index (χ4v) is 3.04. The second-order valence-electron chi connectivity index (χ2n) is 6.22. The number of carbonyl (C=O) groups excluding carboxylic acids is 1. The molecule has 2 aromatic rings. The summed E-state index contributed by atoms with van der Waals surface area (Å²) < 4.78 is 5.36. The number of benzene rings is 1. The number of anilines is 1. The zero-order valence-corrected chi connectivity index (χ0v) is 13.7. The Labute approximate surface area is 136 Å². The van der Waals surface area contributed by atoms with Crippen LogP contribution in [0.4, 0.5) is 5.88 Å². The quantitative estimate of drug-likeness (QED) is 0.851. The van der Waals surface area contributed by atoms with Gasteiger partial charge in [-0.3, -0.25) is 9.69 Å². The second kappa shape index (κ2) is 6.96. The Hall–Kier alpha value is -2.14. The molecule has 1 saturated heterocycles. The van der Waals surface area contributed by atoms with Gasteiger partial charge in [0.2, 0.25) is 11.8 Å². The number of rotatable bonds is 5. The summed E-state index contributed by atoms with van der Waals surface area (Å²) in [6.45, 7) is 4.98. The van der Waals surface area contributed by atoms with Gasteiger partial charge in [-0.2, -0.15) is 0 Å². The first-order chi connectivity index (χ1) is 11.1. The van der Waals surface area contributed by atoms with E-state index in [2.05, 4.69) is 10.1 Å². The van der Waals surface area contributed by atoms with E-state index in [0.29, 0.717) is 5.88 Å². The van der Waals surface area contributed by atoms with Crippen LogP contribution < -0.4 is 4.90 Å². The van der Waals surface area contributed by atoms with E-state index in [-0.39, 0.29) is 11.8 Å². The first-order valence-corrected chi connectivity index (χ1v) is 8.17. The molecule has 5 heteroatoms. The Morgan fingerprint density at radius 3 is 2.70 bits per heavy atom. The van der Waals surface area contributed by atoms with Crippen molar-refractivity contribution in [1.82, 2.24) is 10.1 Å². The molecule has 0 bridgehead atoms. The van der Waals surface area contributed by atoms with Crippen molar-refractivity contribution in [3.63, 3.8) is 0 Å². The van der Waals surface area contributed by atoms with E-state index in [1.54, 1.807) is 11.9 Å². The second-order valence-corrected chi connectivity index (χ2v) is 6.22. The van der Waals surface area contributed by atoms with Gasteiger partial charge in [-0.05, 0) is 25.9 Å². The predicted octanol–water partition coefficient (Wildman–Crippen LogP) is 3.04. The number of aromatic nitrogens is 1. The Balaban J connectivity index is 1.66. The van der Waals surface area contributed by atoms with Gasteiger partial charge in [0.05, 0.1) is 0 Å². The van der Waals surface area contributed by atoms with Crippen molar-refractivity contribution in [1.29, 1.82) is 0 Å². The normalized spacial score (nSPS) is 16.4. The third kappa shape index (κ3) is 3.62. The summed E-state index contributed by atoms with van der Waals surface area (Å²) in [5.41, 5.74) is 1.72. The third-order valence-corrected chi connectivity index (χ3v) is 4.38. The average Bonchev–Trinajstić information content (AvgIpc) is 3.26. The largest absolute Gasteiger partial charge is 0.338 e. The average molecular weight is 313 g/mol. The van der Waals surface area contributed by atoms with Crippen molar-refractivity contribution in [3.8, 4) is 11.3 Å². The molecule has 1 atom stereocenters. The zero-order valence-electron chi connectivity index (χ0n) is 13.7. The first kappa shape index (κ1) is 15.7. The zero-order chi connectivity index (χ0) is 16.2. The summed E-state index contributed by atoms with van der Waals surface area (Å²) in [6, 6.07) is 11.6. The number of nitrogens with zero attached hydrogens (tertiary/aromatic N) is 3. The summed E-state index contributed by atoms with van der Waals surface area (Å²) in [5, 5.41) is 4.07. The minimum absolute atomic E-state index is 0.0524. The van der Waals surface area contributed by atoms with Crippen LogP contribution in [0.1, 0.15) is 19.8 Å². The maximum absolute atomic E-state index is 12.6. The molecule has 1 aromatic heterocycles. The standard InChI is InChI=1S/C18H23N3O2/c1-14(13-21-10-6-7-11-21)18(22)20(2)17-12-16(19-23-17)15-8-4-3-5-9-15/h3-5,8-9,12,14H,6-7,10-11,13H2,1-2H3. The predicted molar refractivity (Wildman–Crippen MR) is 90.2 cm³/mol. The lowest BCUT2D eigenvalue weighted by Gasteiger charge is -2.22. The van der Waals surface area contributed by atoms with Crippen molar-refractivity contribution in [3.05, 3.63) is 36.4 Å². The van der Waals surface area contributed by atoms with E-state index in [4.69, 9.17) is 4.52 Å². The van der Waals surface area contributed by atoms with Gasteiger partial charge in [-0.15, -0.1) is 0 Å². The highest BCUT2D eigenvalue weighted by Crippen LogP contribution is 2.24. The van der Waals surface area contributed by atoms with E-state index in [1.807, 2.05) is 43.3 Å². The molecule has 1 fully saturated rings. The van der Waals surface area contributed by atoms with Crippen LogP contribution in [-0.2, 0) is 4.79 Å². The highest BCUT2D eigenvalue weighted by molar-refractivity contribution is 5.93. The molecule has 1 unspecified atom stereocenters. The number of carbonyl (C=O) groups is 1. The molecule has 122 valence electrons. The van der Waals surface area contributed by atoms with Crippen LogP contribution in [0.2, 0.25) is 0 Å². The summed E-state index contributed by atoms with van der Waals surface area (Å²) in [4.78, 5) is 16.5. The molecule has 23 heavy (non-hydrogen) atoms. The molecule has 0 aliphatic carbocycles. The van der Waals surface area contributed by atoms with E-state index < -0.39 is 0 Å². The van der Waals surface area contributed by atoms with Gasteiger partial charge in [0.1, 0.15) is 5.69 Å². The highest BCUT2D eigenvalue weighted by Gasteiger charge is 2.24. The van der Waals surface area contributed by atoms with Crippen molar-refractivity contribution in [2.75, 3.05) is 31.6 Å². The van der Waals surface area contributed by atoms with Gasteiger partial charge in [0.15, 0.2) is 0 Å². The van der Waals surface area contributed by atoms with E-state index in [0.717, 1.165) is 30.9 Å². The van der Waals surface area contributed by atoms with Crippen LogP contribution in [0, 0.1) is 5.92 Å². The molecular weight excluding hydrogens is 290 g/mol. The fourth-order valence-electron chi connectivity index (χ4n) is 3.04. The summed E-state index contributed by atoms with van der Waals surface area (Å²) >= 11 is 0. The molecule has 1 amide bonds. The van der Waals surface area contributed by atoms with Crippen molar-refractivity contribution in [2.45, 2.75) is 19.8 Å². The maximum Gasteiger partial charge on any atom is 0.234 e. The highest BCUT2D eigenvalue weighted by atomic mass is 16.5. The van der Waals surface area contributed by atoms with Gasteiger partial charge in [0.25, 0.3) is 0 Å². The van der Waals surface area contributed by atoms with Gasteiger partial charge >= 0.3 is 0 Å². The van der Waals surface area contributed by atoms with Crippen LogP contribution >= 0.6 is 0 Å². The minimum Gasteiger partial charge on any atom is -0.338 e. The third-order valence-electron chi connectivity index (χ3n) is 4.38. The number of hydrogen-bond donors (Lipinski definition) is 0. The smallest absolute Gasteiger partial charge is 0.234 e. The number of hydrogen-bond acceptors (Lipinski definition) is 4. The lowest BCUT2D eigenvalue weighted by Crippen LogP contribution is -2.37. The lowest BCUT2D eigenvalue weighted by atomic mass is 10.1. The number of amides is 1. The van der Waals surface area contributed by atoms with E-state index in [9.17, 15) is 4.79 Å². The molecular formula is C18H23N3O2. The molecule has 5 nitrogen and oxygen atoms in total. The molecule has 1 aromatic carbocycles. The molecule has 0 radical (unpaired) electrons. The fraction of sp³-hybridized carbons (Fsp3) is 0.444. The van der Waals surface area contributed by atoms with Gasteiger partial charge in [0, 0.05) is 31.1 Å². The number of likely N-dealkylation sites (tertiary alicyclic amines) is 1. The van der Waals surface area contributed by atoms with Crippen molar-refractivity contribution >= 4 is 11.8 Å². The van der Waals surface area contributed by atoms with Crippen LogP contribution in [-0.4, -0.2) is 42.6 Å². The topological polar surface area (TPSA) is 49.6 Å². The van der Waals surface area contributed by atoms with E-state index in [1.165, 1.54) is 12.8 Å². The maximum atomic E-state index is 12.6. The Morgan fingerprint density at radius 2 is 2.00 bits per heavy atom. The molecule has 2 heterocycles.